The van der Waals surface area contributed by atoms with E-state index in [1.807, 2.05) is 42.5 Å². The van der Waals surface area contributed by atoms with Crippen molar-refractivity contribution in [2.24, 2.45) is 0 Å². The zero-order valence-electron chi connectivity index (χ0n) is 8.53. The first-order valence-corrected chi connectivity index (χ1v) is 4.85. The van der Waals surface area contributed by atoms with Crippen LogP contribution in [0.5, 0.6) is 0 Å². The molecule has 3 heteroatoms. The van der Waals surface area contributed by atoms with Crippen molar-refractivity contribution in [3.8, 4) is 0 Å². The first kappa shape index (κ1) is 10.7. The summed E-state index contributed by atoms with van der Waals surface area (Å²) in [6.45, 7) is 0. The van der Waals surface area contributed by atoms with Crippen LogP contribution in [0.3, 0.4) is 0 Å². The van der Waals surface area contributed by atoms with E-state index in [1.165, 1.54) is 0 Å². The zero-order valence-corrected chi connectivity index (χ0v) is 9.34. The van der Waals surface area contributed by atoms with Gasteiger partial charge in [-0.25, -0.2) is 0 Å². The number of anilines is 1. The lowest BCUT2D eigenvalue weighted by Crippen LogP contribution is -2.02. The third kappa shape index (κ3) is 1.31. The van der Waals surface area contributed by atoms with E-state index in [2.05, 4.69) is 0 Å². The Morgan fingerprint density at radius 2 is 1.81 bits per heavy atom. The van der Waals surface area contributed by atoms with Crippen LogP contribution in [0.15, 0.2) is 36.4 Å². The van der Waals surface area contributed by atoms with Crippen LogP contribution in [0.25, 0.3) is 16.8 Å². The first-order chi connectivity index (χ1) is 7.27. The standard InChI is InChI=1S/C13H10N2.ClH/c14-11-6-4-8-5-7-12(15)10-3-1-2-9(11)13(8)10;/h1-7,14H,15H2;1H. The monoisotopic (exact) mass is 230 g/mol. The van der Waals surface area contributed by atoms with E-state index in [0.717, 1.165) is 27.6 Å². The summed E-state index contributed by atoms with van der Waals surface area (Å²) in [5, 5.41) is 9.99. The molecule has 16 heavy (non-hydrogen) atoms. The van der Waals surface area contributed by atoms with E-state index in [1.54, 1.807) is 0 Å². The molecule has 0 heterocycles. The summed E-state index contributed by atoms with van der Waals surface area (Å²) < 4.78 is 0. The minimum Gasteiger partial charge on any atom is -0.398 e. The summed E-state index contributed by atoms with van der Waals surface area (Å²) in [5.74, 6) is 0. The van der Waals surface area contributed by atoms with E-state index in [4.69, 9.17) is 11.1 Å². The van der Waals surface area contributed by atoms with E-state index in [0.29, 0.717) is 5.71 Å². The highest BCUT2D eigenvalue weighted by molar-refractivity contribution is 6.22. The molecule has 2 aromatic rings. The average Bonchev–Trinajstić information content (AvgIpc) is 2.27. The van der Waals surface area contributed by atoms with Gasteiger partial charge in [-0.2, -0.15) is 0 Å². The molecule has 0 saturated carbocycles. The molecular weight excluding hydrogens is 220 g/mol. The van der Waals surface area contributed by atoms with E-state index in [9.17, 15) is 0 Å². The van der Waals surface area contributed by atoms with Gasteiger partial charge in [0.15, 0.2) is 0 Å². The summed E-state index contributed by atoms with van der Waals surface area (Å²) in [7, 11) is 0. The Bertz CT molecular complexity index is 615. The van der Waals surface area contributed by atoms with Crippen molar-refractivity contribution in [2.45, 2.75) is 0 Å². The molecule has 0 atom stereocenters. The molecule has 0 aromatic heterocycles. The molecule has 1 aliphatic carbocycles. The predicted molar refractivity (Wildman–Crippen MR) is 71.5 cm³/mol. The number of allylic oxidation sites excluding steroid dienone is 1. The predicted octanol–water partition coefficient (Wildman–Crippen LogP) is 3.24. The van der Waals surface area contributed by atoms with Gasteiger partial charge in [0.1, 0.15) is 0 Å². The molecule has 0 amide bonds. The SMILES string of the molecule is Cl.N=C1C=Cc2ccc(N)c3cccc1c23. The summed E-state index contributed by atoms with van der Waals surface area (Å²) in [6.07, 6.45) is 3.80. The third-order valence-electron chi connectivity index (χ3n) is 2.83. The van der Waals surface area contributed by atoms with Crippen LogP contribution in [-0.2, 0) is 0 Å². The topological polar surface area (TPSA) is 49.9 Å². The van der Waals surface area contributed by atoms with Crippen molar-refractivity contribution >= 4 is 40.7 Å². The number of nitrogens with two attached hydrogens (primary N) is 1. The van der Waals surface area contributed by atoms with Crippen LogP contribution >= 0.6 is 12.4 Å². The van der Waals surface area contributed by atoms with Crippen molar-refractivity contribution in [1.29, 1.82) is 5.41 Å². The van der Waals surface area contributed by atoms with Gasteiger partial charge in [-0.3, -0.25) is 0 Å². The largest absolute Gasteiger partial charge is 0.398 e. The highest BCUT2D eigenvalue weighted by Crippen LogP contribution is 2.31. The number of hydrogen-bond donors (Lipinski definition) is 2. The summed E-state index contributed by atoms with van der Waals surface area (Å²) in [6, 6.07) is 9.84. The lowest BCUT2D eigenvalue weighted by Gasteiger charge is -2.14. The third-order valence-corrected chi connectivity index (χ3v) is 2.83. The Balaban J connectivity index is 0.000000963. The number of nitrogen functional groups attached to an aromatic ring is 1. The smallest absolute Gasteiger partial charge is 0.0618 e. The second-order valence-electron chi connectivity index (χ2n) is 3.72. The molecule has 80 valence electrons. The second-order valence-corrected chi connectivity index (χ2v) is 3.72. The molecule has 2 nitrogen and oxygen atoms in total. The van der Waals surface area contributed by atoms with Crippen LogP contribution < -0.4 is 5.73 Å². The average molecular weight is 231 g/mol. The van der Waals surface area contributed by atoms with Gasteiger partial charge < -0.3 is 11.1 Å². The number of nitrogens with one attached hydrogen (secondary N) is 1. The molecule has 0 saturated heterocycles. The molecule has 0 bridgehead atoms. The van der Waals surface area contributed by atoms with Crippen LogP contribution in [0.4, 0.5) is 5.69 Å². The zero-order chi connectivity index (χ0) is 10.4. The summed E-state index contributed by atoms with van der Waals surface area (Å²) >= 11 is 0. The molecule has 0 unspecified atom stereocenters. The van der Waals surface area contributed by atoms with Gasteiger partial charge in [0, 0.05) is 22.0 Å². The Morgan fingerprint density at radius 3 is 2.62 bits per heavy atom. The molecule has 0 radical (unpaired) electrons. The van der Waals surface area contributed by atoms with Crippen LogP contribution in [-0.4, -0.2) is 5.71 Å². The molecule has 0 aliphatic heterocycles. The Hall–Kier alpha value is -1.80. The maximum absolute atomic E-state index is 7.85. The molecule has 3 N–H and O–H groups in total. The minimum absolute atomic E-state index is 0. The van der Waals surface area contributed by atoms with Gasteiger partial charge in [-0.15, -0.1) is 12.4 Å². The van der Waals surface area contributed by atoms with Crippen molar-refractivity contribution in [3.05, 3.63) is 47.5 Å². The number of hydrogen-bond acceptors (Lipinski definition) is 2. The molecule has 1 aliphatic rings. The van der Waals surface area contributed by atoms with Crippen molar-refractivity contribution in [3.63, 3.8) is 0 Å². The Kier molecular flexibility index (Phi) is 2.44. The number of halogens is 1. The maximum atomic E-state index is 7.85. The van der Waals surface area contributed by atoms with Crippen LogP contribution in [0, 0.1) is 5.41 Å². The van der Waals surface area contributed by atoms with Gasteiger partial charge in [-0.05, 0) is 17.7 Å². The fourth-order valence-electron chi connectivity index (χ4n) is 2.08. The Morgan fingerprint density at radius 1 is 1.00 bits per heavy atom. The van der Waals surface area contributed by atoms with Gasteiger partial charge in [-0.1, -0.05) is 30.3 Å². The second kappa shape index (κ2) is 3.65. The van der Waals surface area contributed by atoms with Gasteiger partial charge in [0.05, 0.1) is 5.71 Å². The number of benzene rings is 2. The quantitative estimate of drug-likeness (QED) is 0.671. The first-order valence-electron chi connectivity index (χ1n) is 4.85. The molecule has 0 spiro atoms. The van der Waals surface area contributed by atoms with Crippen molar-refractivity contribution in [2.75, 3.05) is 5.73 Å². The van der Waals surface area contributed by atoms with Gasteiger partial charge >= 0.3 is 0 Å². The fourth-order valence-corrected chi connectivity index (χ4v) is 2.08. The summed E-state index contributed by atoms with van der Waals surface area (Å²) in [4.78, 5) is 0. The van der Waals surface area contributed by atoms with Crippen molar-refractivity contribution < 1.29 is 0 Å². The van der Waals surface area contributed by atoms with E-state index >= 15 is 0 Å². The van der Waals surface area contributed by atoms with Crippen molar-refractivity contribution in [1.82, 2.24) is 0 Å². The lowest BCUT2D eigenvalue weighted by atomic mass is 9.91. The van der Waals surface area contributed by atoms with Gasteiger partial charge in [0.2, 0.25) is 0 Å². The number of rotatable bonds is 0. The molecule has 2 aromatic carbocycles. The lowest BCUT2D eigenvalue weighted by molar-refractivity contribution is 1.50. The molecule has 0 fully saturated rings. The Labute approximate surface area is 99.7 Å². The fraction of sp³-hybridized carbons (Fsp3) is 0. The minimum atomic E-state index is 0. The maximum Gasteiger partial charge on any atom is 0.0618 e. The molecule has 3 rings (SSSR count). The highest BCUT2D eigenvalue weighted by Gasteiger charge is 2.12. The van der Waals surface area contributed by atoms with E-state index < -0.39 is 0 Å². The van der Waals surface area contributed by atoms with Gasteiger partial charge in [0.25, 0.3) is 0 Å². The van der Waals surface area contributed by atoms with Crippen LogP contribution in [0.2, 0.25) is 0 Å². The summed E-state index contributed by atoms with van der Waals surface area (Å²) in [5.41, 5.74) is 9.37. The van der Waals surface area contributed by atoms with Crippen LogP contribution in [0.1, 0.15) is 11.1 Å². The molecular formula is C13H11ClN2. The van der Waals surface area contributed by atoms with E-state index in [-0.39, 0.29) is 12.4 Å². The highest BCUT2D eigenvalue weighted by atomic mass is 35.5. The normalized spacial score (nSPS) is 12.6.